The van der Waals surface area contributed by atoms with Gasteiger partial charge in [-0.05, 0) is 55.8 Å². The van der Waals surface area contributed by atoms with E-state index in [1.807, 2.05) is 18.2 Å². The van der Waals surface area contributed by atoms with Gasteiger partial charge >= 0.3 is 0 Å². The second-order valence-corrected chi connectivity index (χ2v) is 12.6. The third-order valence-electron chi connectivity index (χ3n) is 9.93. The van der Waals surface area contributed by atoms with Crippen molar-refractivity contribution in [1.82, 2.24) is 20.2 Å². The zero-order valence-electron chi connectivity index (χ0n) is 23.8. The van der Waals surface area contributed by atoms with Crippen LogP contribution in [0.5, 0.6) is 11.6 Å². The average molecular weight is 582 g/mol. The fraction of sp³-hybridized carbons (Fsp3) is 0.412. The monoisotopic (exact) mass is 581 g/mol. The fourth-order valence-corrected chi connectivity index (χ4v) is 8.00. The summed E-state index contributed by atoms with van der Waals surface area (Å²) in [5.41, 5.74) is 1.67. The van der Waals surface area contributed by atoms with Crippen molar-refractivity contribution in [2.45, 2.75) is 55.9 Å². The van der Waals surface area contributed by atoms with Crippen LogP contribution in [0.15, 0.2) is 42.6 Å². The van der Waals surface area contributed by atoms with E-state index in [1.54, 1.807) is 18.3 Å². The Kier molecular flexibility index (Phi) is 6.21. The number of piperazine rings is 1. The Hall–Kier alpha value is -4.00. The number of fused-ring (bicyclic) bond motifs is 5. The number of terminal acetylenes is 1. The zero-order chi connectivity index (χ0) is 29.3. The van der Waals surface area contributed by atoms with Crippen molar-refractivity contribution in [2.24, 2.45) is 0 Å². The summed E-state index contributed by atoms with van der Waals surface area (Å²) in [5.74, 6) is 2.39. The standard InChI is InChI=1S/C34H33F2N5O2/c1-2-20-5-3-6-21-11-25(42)12-26(30(20)21)32-31(36)33-27(15-37-32)28(40-17-23-7-8-24(18-40)38-23)13-29(39-33)43-19-34-9-4-10-41(34)16-22(35)14-34/h1,3,5-6,11-13,15,22-24,38,42H,4,7-10,14,16-19H2/t22-,23?,24?,34+/m1/s1. The van der Waals surface area contributed by atoms with Crippen molar-refractivity contribution in [3.8, 4) is 35.2 Å². The molecule has 4 aromatic rings. The van der Waals surface area contributed by atoms with Gasteiger partial charge in [0.2, 0.25) is 5.88 Å². The number of phenols is 1. The number of phenolic OH excluding ortho intramolecular Hbond substituents is 1. The predicted octanol–water partition coefficient (Wildman–Crippen LogP) is 5.17. The first kappa shape index (κ1) is 26.6. The molecule has 4 aliphatic rings. The second-order valence-electron chi connectivity index (χ2n) is 12.6. The Morgan fingerprint density at radius 2 is 2.00 bits per heavy atom. The van der Waals surface area contributed by atoms with Crippen molar-refractivity contribution in [3.05, 3.63) is 54.0 Å². The zero-order valence-corrected chi connectivity index (χ0v) is 23.8. The number of nitrogens with zero attached hydrogens (tertiary/aromatic N) is 4. The molecular weight excluding hydrogens is 548 g/mol. The van der Waals surface area contributed by atoms with Crippen molar-refractivity contribution in [3.63, 3.8) is 0 Å². The van der Waals surface area contributed by atoms with Crippen LogP contribution in [0.4, 0.5) is 14.5 Å². The number of halogens is 2. The summed E-state index contributed by atoms with van der Waals surface area (Å²) in [6.07, 6.45) is 11.2. The lowest BCUT2D eigenvalue weighted by Gasteiger charge is -2.35. The molecule has 0 amide bonds. The van der Waals surface area contributed by atoms with Crippen LogP contribution in [-0.4, -0.2) is 76.6 Å². The SMILES string of the molecule is C#Cc1cccc2cc(O)cc(-c3ncc4c(N5CC6CCC(C5)N6)cc(OC[C@@]56CCCN5C[C@H](F)C6)nc4c3F)c12. The first-order chi connectivity index (χ1) is 20.9. The summed E-state index contributed by atoms with van der Waals surface area (Å²) in [4.78, 5) is 13.8. The Bertz CT molecular complexity index is 1800. The quantitative estimate of drug-likeness (QED) is 0.315. The van der Waals surface area contributed by atoms with Crippen molar-refractivity contribution in [1.29, 1.82) is 0 Å². The van der Waals surface area contributed by atoms with Crippen molar-refractivity contribution < 1.29 is 18.6 Å². The molecule has 2 aromatic heterocycles. The number of aromatic hydroxyl groups is 1. The first-order valence-corrected chi connectivity index (χ1v) is 15.2. The van der Waals surface area contributed by atoms with Gasteiger partial charge in [0.05, 0.1) is 11.2 Å². The molecule has 4 saturated heterocycles. The molecule has 2 bridgehead atoms. The van der Waals surface area contributed by atoms with E-state index in [0.717, 1.165) is 51.0 Å². The third kappa shape index (κ3) is 4.38. The molecule has 7 nitrogen and oxygen atoms in total. The van der Waals surface area contributed by atoms with Crippen LogP contribution < -0.4 is 15.0 Å². The number of nitrogens with one attached hydrogen (secondary N) is 1. The minimum absolute atomic E-state index is 0.0110. The van der Waals surface area contributed by atoms with Crippen LogP contribution in [0.1, 0.15) is 37.7 Å². The molecule has 0 radical (unpaired) electrons. The molecule has 9 heteroatoms. The van der Waals surface area contributed by atoms with Crippen LogP contribution >= 0.6 is 0 Å². The highest BCUT2D eigenvalue weighted by Crippen LogP contribution is 2.42. The van der Waals surface area contributed by atoms with E-state index in [-0.39, 0.29) is 22.5 Å². The molecule has 4 aliphatic heterocycles. The smallest absolute Gasteiger partial charge is 0.216 e. The number of aromatic nitrogens is 2. The highest BCUT2D eigenvalue weighted by molar-refractivity contribution is 6.03. The Balaban J connectivity index is 1.27. The summed E-state index contributed by atoms with van der Waals surface area (Å²) in [7, 11) is 0. The minimum atomic E-state index is -0.864. The minimum Gasteiger partial charge on any atom is -0.508 e. The average Bonchev–Trinajstić information content (AvgIpc) is 3.65. The van der Waals surface area contributed by atoms with Crippen molar-refractivity contribution >= 4 is 27.4 Å². The van der Waals surface area contributed by atoms with Gasteiger partial charge in [0.1, 0.15) is 29.7 Å². The number of alkyl halides is 1. The molecule has 8 rings (SSSR count). The summed E-state index contributed by atoms with van der Waals surface area (Å²) in [6, 6.07) is 11.2. The van der Waals surface area contributed by atoms with E-state index < -0.39 is 12.0 Å². The number of benzene rings is 2. The lowest BCUT2D eigenvalue weighted by atomic mass is 9.95. The van der Waals surface area contributed by atoms with Gasteiger partial charge in [0, 0.05) is 72.3 Å². The van der Waals surface area contributed by atoms with Gasteiger partial charge in [-0.25, -0.2) is 13.8 Å². The number of pyridine rings is 2. The first-order valence-electron chi connectivity index (χ1n) is 15.2. The van der Waals surface area contributed by atoms with Gasteiger partial charge in [-0.1, -0.05) is 18.1 Å². The van der Waals surface area contributed by atoms with Crippen LogP contribution in [0.2, 0.25) is 0 Å². The maximum atomic E-state index is 16.7. The topological polar surface area (TPSA) is 73.8 Å². The highest BCUT2D eigenvalue weighted by atomic mass is 19.1. The largest absolute Gasteiger partial charge is 0.508 e. The van der Waals surface area contributed by atoms with Gasteiger partial charge in [-0.3, -0.25) is 9.88 Å². The maximum Gasteiger partial charge on any atom is 0.216 e. The molecule has 0 spiro atoms. The lowest BCUT2D eigenvalue weighted by molar-refractivity contribution is 0.111. The molecule has 2 unspecified atom stereocenters. The lowest BCUT2D eigenvalue weighted by Crippen LogP contribution is -2.51. The molecule has 0 aliphatic carbocycles. The van der Waals surface area contributed by atoms with E-state index in [1.165, 1.54) is 6.07 Å². The maximum absolute atomic E-state index is 16.7. The predicted molar refractivity (Wildman–Crippen MR) is 163 cm³/mol. The summed E-state index contributed by atoms with van der Waals surface area (Å²) in [5, 5.41) is 16.1. The normalized spacial score (nSPS) is 26.7. The van der Waals surface area contributed by atoms with Gasteiger partial charge in [-0.15, -0.1) is 6.42 Å². The molecule has 4 fully saturated rings. The summed E-state index contributed by atoms with van der Waals surface area (Å²) >= 11 is 0. The molecular formula is C34H33F2N5O2. The van der Waals surface area contributed by atoms with Gasteiger partial charge in [0.15, 0.2) is 5.82 Å². The molecule has 220 valence electrons. The molecule has 2 N–H and O–H groups in total. The van der Waals surface area contributed by atoms with E-state index in [0.29, 0.717) is 64.8 Å². The van der Waals surface area contributed by atoms with Crippen LogP contribution in [0.3, 0.4) is 0 Å². The van der Waals surface area contributed by atoms with Crippen molar-refractivity contribution in [2.75, 3.05) is 37.7 Å². The van der Waals surface area contributed by atoms with E-state index in [9.17, 15) is 9.50 Å². The van der Waals surface area contributed by atoms with Crippen LogP contribution in [0, 0.1) is 18.2 Å². The van der Waals surface area contributed by atoms with Gasteiger partial charge in [0.25, 0.3) is 0 Å². The number of hydrogen-bond donors (Lipinski definition) is 2. The van der Waals surface area contributed by atoms with Gasteiger partial charge in [-0.2, -0.15) is 0 Å². The second kappa shape index (κ2) is 10.0. The molecule has 2 aromatic carbocycles. The number of hydrogen-bond acceptors (Lipinski definition) is 7. The number of rotatable bonds is 5. The summed E-state index contributed by atoms with van der Waals surface area (Å²) < 4.78 is 37.6. The van der Waals surface area contributed by atoms with Crippen LogP contribution in [0.25, 0.3) is 32.9 Å². The summed E-state index contributed by atoms with van der Waals surface area (Å²) in [6.45, 7) is 3.20. The Morgan fingerprint density at radius 1 is 1.16 bits per heavy atom. The highest BCUT2D eigenvalue weighted by Gasteiger charge is 2.49. The van der Waals surface area contributed by atoms with E-state index in [4.69, 9.17) is 16.1 Å². The van der Waals surface area contributed by atoms with Gasteiger partial charge < -0.3 is 20.1 Å². The Labute approximate surface area is 248 Å². The molecule has 43 heavy (non-hydrogen) atoms. The Morgan fingerprint density at radius 3 is 2.81 bits per heavy atom. The van der Waals surface area contributed by atoms with E-state index in [2.05, 4.69) is 26.0 Å². The fourth-order valence-electron chi connectivity index (χ4n) is 8.00. The molecule has 4 atom stereocenters. The third-order valence-corrected chi connectivity index (χ3v) is 9.93. The number of ether oxygens (including phenoxy) is 1. The van der Waals surface area contributed by atoms with E-state index >= 15 is 4.39 Å². The number of anilines is 1. The van der Waals surface area contributed by atoms with Crippen LogP contribution in [-0.2, 0) is 0 Å². The molecule has 6 heterocycles. The molecule has 0 saturated carbocycles.